The van der Waals surface area contributed by atoms with Gasteiger partial charge in [0.25, 0.3) is 0 Å². The van der Waals surface area contributed by atoms with Gasteiger partial charge in [-0.25, -0.2) is 0 Å². The molecule has 0 heterocycles. The van der Waals surface area contributed by atoms with Crippen LogP contribution in [0.15, 0.2) is 24.3 Å². The molecule has 1 aromatic carbocycles. The summed E-state index contributed by atoms with van der Waals surface area (Å²) in [5, 5.41) is 12.3. The van der Waals surface area contributed by atoms with E-state index in [2.05, 4.69) is 38.2 Å². The van der Waals surface area contributed by atoms with Crippen molar-refractivity contribution in [3.63, 3.8) is 0 Å². The van der Waals surface area contributed by atoms with Crippen LogP contribution in [0, 0.1) is 5.92 Å². The molecule has 1 aromatic rings. The van der Waals surface area contributed by atoms with Crippen molar-refractivity contribution in [2.45, 2.75) is 39.8 Å². The first-order chi connectivity index (χ1) is 8.52. The van der Waals surface area contributed by atoms with Crippen molar-refractivity contribution in [3.8, 4) is 5.75 Å². The lowest BCUT2D eigenvalue weighted by molar-refractivity contribution is 0.243. The van der Waals surface area contributed by atoms with Crippen molar-refractivity contribution in [1.82, 2.24) is 5.32 Å². The van der Waals surface area contributed by atoms with Crippen LogP contribution in [-0.2, 0) is 0 Å². The zero-order chi connectivity index (χ0) is 13.5. The maximum Gasteiger partial charge on any atom is 0.119 e. The van der Waals surface area contributed by atoms with Gasteiger partial charge in [-0.2, -0.15) is 0 Å². The minimum absolute atomic E-state index is 0.108. The van der Waals surface area contributed by atoms with E-state index >= 15 is 0 Å². The predicted octanol–water partition coefficient (Wildman–Crippen LogP) is 2.75. The van der Waals surface area contributed by atoms with Gasteiger partial charge in [0.05, 0.1) is 13.2 Å². The highest BCUT2D eigenvalue weighted by Gasteiger charge is 2.08. The Morgan fingerprint density at radius 1 is 1.11 bits per heavy atom. The van der Waals surface area contributed by atoms with Crippen LogP contribution in [0.25, 0.3) is 0 Å². The van der Waals surface area contributed by atoms with Crippen molar-refractivity contribution in [1.29, 1.82) is 0 Å². The first-order valence-corrected chi connectivity index (χ1v) is 6.62. The van der Waals surface area contributed by atoms with Crippen LogP contribution in [0.5, 0.6) is 5.75 Å². The van der Waals surface area contributed by atoms with Crippen molar-refractivity contribution >= 4 is 0 Å². The Labute approximate surface area is 110 Å². The van der Waals surface area contributed by atoms with Crippen LogP contribution in [0.3, 0.4) is 0 Å². The Morgan fingerprint density at radius 3 is 2.22 bits per heavy atom. The number of hydrogen-bond donors (Lipinski definition) is 2. The lowest BCUT2D eigenvalue weighted by atomic mass is 10.1. The largest absolute Gasteiger partial charge is 0.493 e. The molecule has 2 N–H and O–H groups in total. The Kier molecular flexibility index (Phi) is 6.16. The van der Waals surface area contributed by atoms with Crippen LogP contribution < -0.4 is 10.1 Å². The second-order valence-corrected chi connectivity index (χ2v) is 5.25. The van der Waals surface area contributed by atoms with Crippen LogP contribution in [0.1, 0.15) is 39.3 Å². The van der Waals surface area contributed by atoms with E-state index in [0.717, 1.165) is 12.4 Å². The van der Waals surface area contributed by atoms with Gasteiger partial charge in [0, 0.05) is 12.1 Å². The molecule has 0 aliphatic carbocycles. The first-order valence-electron chi connectivity index (χ1n) is 6.62. The molecule has 2 unspecified atom stereocenters. The first kappa shape index (κ1) is 15.0. The molecule has 0 bridgehead atoms. The molecule has 2 atom stereocenters. The monoisotopic (exact) mass is 251 g/mol. The number of rotatable bonds is 7. The van der Waals surface area contributed by atoms with Gasteiger partial charge in [-0.3, -0.25) is 0 Å². The normalized spacial score (nSPS) is 14.6. The average Bonchev–Trinajstić information content (AvgIpc) is 2.36. The summed E-state index contributed by atoms with van der Waals surface area (Å²) in [5.41, 5.74) is 1.20. The molecule has 102 valence electrons. The van der Waals surface area contributed by atoms with Crippen molar-refractivity contribution in [2.75, 3.05) is 13.2 Å². The Hall–Kier alpha value is -1.06. The van der Waals surface area contributed by atoms with Crippen molar-refractivity contribution in [3.05, 3.63) is 29.8 Å². The van der Waals surface area contributed by atoms with Gasteiger partial charge in [-0.15, -0.1) is 0 Å². The molecule has 18 heavy (non-hydrogen) atoms. The molecular weight excluding hydrogens is 226 g/mol. The standard InChI is InChI=1S/C15H25NO2/c1-11(2)10-18-15-7-5-14(6-8-15)13(4)16-12(3)9-17/h5-8,11-13,16-17H,9-10H2,1-4H3. The van der Waals surface area contributed by atoms with Crippen LogP contribution in [0.2, 0.25) is 0 Å². The molecule has 0 spiro atoms. The number of benzene rings is 1. The van der Waals surface area contributed by atoms with Crippen LogP contribution in [-0.4, -0.2) is 24.4 Å². The summed E-state index contributed by atoms with van der Waals surface area (Å²) in [7, 11) is 0. The quantitative estimate of drug-likeness (QED) is 0.783. The summed E-state index contributed by atoms with van der Waals surface area (Å²) in [6.07, 6.45) is 0. The summed E-state index contributed by atoms with van der Waals surface area (Å²) >= 11 is 0. The molecule has 0 saturated carbocycles. The molecule has 0 aliphatic heterocycles. The highest BCUT2D eigenvalue weighted by atomic mass is 16.5. The highest BCUT2D eigenvalue weighted by molar-refractivity contribution is 5.29. The van der Waals surface area contributed by atoms with E-state index in [0.29, 0.717) is 5.92 Å². The molecule has 0 aliphatic rings. The van der Waals surface area contributed by atoms with E-state index in [1.54, 1.807) is 0 Å². The fraction of sp³-hybridized carbons (Fsp3) is 0.600. The smallest absolute Gasteiger partial charge is 0.119 e. The number of ether oxygens (including phenoxy) is 1. The number of aliphatic hydroxyl groups excluding tert-OH is 1. The summed E-state index contributed by atoms with van der Waals surface area (Å²) in [6.45, 7) is 9.23. The second-order valence-electron chi connectivity index (χ2n) is 5.25. The molecule has 0 amide bonds. The Bertz CT molecular complexity index is 335. The third kappa shape index (κ3) is 5.07. The second kappa shape index (κ2) is 7.39. The van der Waals surface area contributed by atoms with E-state index in [1.165, 1.54) is 5.56 Å². The third-order valence-corrected chi connectivity index (χ3v) is 2.77. The molecule has 3 heteroatoms. The zero-order valence-electron chi connectivity index (χ0n) is 11.8. The Balaban J connectivity index is 2.53. The van der Waals surface area contributed by atoms with Gasteiger partial charge in [0.1, 0.15) is 5.75 Å². The fourth-order valence-electron chi connectivity index (χ4n) is 1.69. The molecule has 0 fully saturated rings. The third-order valence-electron chi connectivity index (χ3n) is 2.77. The van der Waals surface area contributed by atoms with E-state index in [4.69, 9.17) is 9.84 Å². The summed E-state index contributed by atoms with van der Waals surface area (Å²) < 4.78 is 5.64. The zero-order valence-corrected chi connectivity index (χ0v) is 11.8. The molecule has 1 rings (SSSR count). The lowest BCUT2D eigenvalue weighted by Crippen LogP contribution is -2.31. The molecular formula is C15H25NO2. The van der Waals surface area contributed by atoms with Gasteiger partial charge in [-0.05, 0) is 37.5 Å². The Morgan fingerprint density at radius 2 is 1.72 bits per heavy atom. The van der Waals surface area contributed by atoms with Gasteiger partial charge < -0.3 is 15.2 Å². The van der Waals surface area contributed by atoms with E-state index in [9.17, 15) is 0 Å². The highest BCUT2D eigenvalue weighted by Crippen LogP contribution is 2.18. The number of hydrogen-bond acceptors (Lipinski definition) is 3. The molecule has 0 saturated heterocycles. The van der Waals surface area contributed by atoms with E-state index in [1.807, 2.05) is 19.1 Å². The fourth-order valence-corrected chi connectivity index (χ4v) is 1.69. The molecule has 3 nitrogen and oxygen atoms in total. The van der Waals surface area contributed by atoms with E-state index < -0.39 is 0 Å². The van der Waals surface area contributed by atoms with Crippen molar-refractivity contribution < 1.29 is 9.84 Å². The molecule has 0 aromatic heterocycles. The van der Waals surface area contributed by atoms with Gasteiger partial charge in [-0.1, -0.05) is 26.0 Å². The number of nitrogens with one attached hydrogen (secondary N) is 1. The van der Waals surface area contributed by atoms with Gasteiger partial charge >= 0.3 is 0 Å². The van der Waals surface area contributed by atoms with Gasteiger partial charge in [0.15, 0.2) is 0 Å². The van der Waals surface area contributed by atoms with E-state index in [-0.39, 0.29) is 18.7 Å². The molecule has 0 radical (unpaired) electrons. The van der Waals surface area contributed by atoms with Crippen molar-refractivity contribution in [2.24, 2.45) is 5.92 Å². The van der Waals surface area contributed by atoms with Crippen LogP contribution in [0.4, 0.5) is 0 Å². The summed E-state index contributed by atoms with van der Waals surface area (Å²) in [5.74, 6) is 1.45. The maximum absolute atomic E-state index is 9.01. The minimum Gasteiger partial charge on any atom is -0.493 e. The SMILES string of the molecule is CC(C)COc1ccc(C(C)NC(C)CO)cc1. The topological polar surface area (TPSA) is 41.5 Å². The number of aliphatic hydroxyl groups is 1. The lowest BCUT2D eigenvalue weighted by Gasteiger charge is -2.19. The summed E-state index contributed by atoms with van der Waals surface area (Å²) in [4.78, 5) is 0. The minimum atomic E-state index is 0.108. The average molecular weight is 251 g/mol. The van der Waals surface area contributed by atoms with Crippen LogP contribution >= 0.6 is 0 Å². The summed E-state index contributed by atoms with van der Waals surface area (Å²) in [6, 6.07) is 8.47. The maximum atomic E-state index is 9.01. The van der Waals surface area contributed by atoms with Gasteiger partial charge in [0.2, 0.25) is 0 Å². The predicted molar refractivity (Wildman–Crippen MR) is 74.9 cm³/mol.